The maximum Gasteiger partial charge on any atom is 0.261 e. The van der Waals surface area contributed by atoms with Gasteiger partial charge in [0.2, 0.25) is 0 Å². The van der Waals surface area contributed by atoms with E-state index in [1.807, 2.05) is 0 Å². The number of halogens is 2. The summed E-state index contributed by atoms with van der Waals surface area (Å²) in [6, 6.07) is 9.57. The Balaban J connectivity index is 1.90. The molecule has 0 bridgehead atoms. The molecule has 1 heterocycles. The minimum absolute atomic E-state index is 0.0970. The number of benzene rings is 2. The molecule has 3 aromatic rings. The first kappa shape index (κ1) is 14.1. The molecule has 0 unspecified atom stereocenters. The second kappa shape index (κ2) is 5.52. The Bertz CT molecular complexity index is 848. The average Bonchev–Trinajstić information content (AvgIpc) is 2.82. The van der Waals surface area contributed by atoms with Crippen molar-refractivity contribution in [2.24, 2.45) is 0 Å². The number of rotatable bonds is 2. The first-order chi connectivity index (χ1) is 10.0. The van der Waals surface area contributed by atoms with E-state index in [0.29, 0.717) is 15.2 Å². The maximum atomic E-state index is 12.1. The van der Waals surface area contributed by atoms with E-state index >= 15 is 0 Å². The first-order valence-electron chi connectivity index (χ1n) is 5.89. The van der Waals surface area contributed by atoms with E-state index in [1.54, 1.807) is 18.2 Å². The van der Waals surface area contributed by atoms with Crippen LogP contribution < -0.4 is 5.32 Å². The zero-order chi connectivity index (χ0) is 15.0. The normalized spacial score (nSPS) is 10.8. The summed E-state index contributed by atoms with van der Waals surface area (Å²) in [6.45, 7) is 0. The summed E-state index contributed by atoms with van der Waals surface area (Å²) >= 11 is 13.0. The summed E-state index contributed by atoms with van der Waals surface area (Å²) in [6.07, 6.45) is 0. The summed E-state index contributed by atoms with van der Waals surface area (Å²) in [7, 11) is 0. The number of hydrogen-bond donors (Lipinski definition) is 2. The van der Waals surface area contributed by atoms with Gasteiger partial charge in [-0.2, -0.15) is 0 Å². The molecule has 2 aromatic carbocycles. The third-order valence-corrected chi connectivity index (χ3v) is 4.18. The fourth-order valence-electron chi connectivity index (χ4n) is 1.81. The Morgan fingerprint density at radius 2 is 1.86 bits per heavy atom. The molecule has 0 atom stereocenters. The van der Waals surface area contributed by atoms with Gasteiger partial charge in [-0.15, -0.1) is 0 Å². The lowest BCUT2D eigenvalue weighted by molar-refractivity contribution is 0.102. The van der Waals surface area contributed by atoms with Crippen molar-refractivity contribution < 1.29 is 9.90 Å². The molecule has 0 saturated heterocycles. The van der Waals surface area contributed by atoms with Gasteiger partial charge in [0, 0.05) is 10.0 Å². The van der Waals surface area contributed by atoms with Gasteiger partial charge in [-0.1, -0.05) is 34.5 Å². The molecule has 1 amide bonds. The molecular weight excluding hydrogens is 331 g/mol. The monoisotopic (exact) mass is 338 g/mol. The highest BCUT2D eigenvalue weighted by molar-refractivity contribution is 7.22. The van der Waals surface area contributed by atoms with Crippen LogP contribution in [0.15, 0.2) is 36.4 Å². The highest BCUT2D eigenvalue weighted by Crippen LogP contribution is 2.29. The molecule has 0 aliphatic rings. The molecule has 1 aromatic heterocycles. The summed E-state index contributed by atoms with van der Waals surface area (Å²) < 4.78 is 0.869. The number of fused-ring (bicyclic) bond motifs is 1. The second-order valence-corrected chi connectivity index (χ2v) is 6.15. The minimum atomic E-state index is -0.472. The van der Waals surface area contributed by atoms with Crippen molar-refractivity contribution in [2.45, 2.75) is 0 Å². The van der Waals surface area contributed by atoms with Crippen molar-refractivity contribution >= 4 is 55.8 Å². The van der Waals surface area contributed by atoms with Crippen molar-refractivity contribution in [1.82, 2.24) is 4.98 Å². The van der Waals surface area contributed by atoms with Crippen LogP contribution in [0, 0.1) is 0 Å². The predicted molar refractivity (Wildman–Crippen MR) is 85.7 cm³/mol. The molecule has 0 spiro atoms. The Morgan fingerprint density at radius 3 is 2.67 bits per heavy atom. The van der Waals surface area contributed by atoms with Crippen LogP contribution in [0.1, 0.15) is 10.4 Å². The Labute approximate surface area is 134 Å². The van der Waals surface area contributed by atoms with Crippen molar-refractivity contribution in [1.29, 1.82) is 0 Å². The molecule has 106 valence electrons. The van der Waals surface area contributed by atoms with Gasteiger partial charge in [0.25, 0.3) is 5.91 Å². The van der Waals surface area contributed by atoms with E-state index in [1.165, 1.54) is 29.5 Å². The summed E-state index contributed by atoms with van der Waals surface area (Å²) in [5.41, 5.74) is 0.842. The van der Waals surface area contributed by atoms with E-state index in [9.17, 15) is 9.90 Å². The standard InChI is InChI=1S/C14H8Cl2N2O2S/c15-7-2-4-11(19)9(5-7)13(20)18-14-17-10-3-1-8(16)6-12(10)21-14/h1-6,19H,(H,17,18,20). The van der Waals surface area contributed by atoms with Crippen LogP contribution in [0.5, 0.6) is 5.75 Å². The second-order valence-electron chi connectivity index (χ2n) is 4.25. The Kier molecular flexibility index (Phi) is 3.71. The van der Waals surface area contributed by atoms with E-state index in [4.69, 9.17) is 23.2 Å². The van der Waals surface area contributed by atoms with Crippen LogP contribution in [0.3, 0.4) is 0 Å². The molecule has 21 heavy (non-hydrogen) atoms. The number of thiazole rings is 1. The number of carbonyl (C=O) groups excluding carboxylic acids is 1. The molecule has 3 rings (SSSR count). The minimum Gasteiger partial charge on any atom is -0.507 e. The van der Waals surface area contributed by atoms with Gasteiger partial charge in [0.15, 0.2) is 5.13 Å². The van der Waals surface area contributed by atoms with Crippen LogP contribution in [-0.2, 0) is 0 Å². The third-order valence-electron chi connectivity index (χ3n) is 2.77. The van der Waals surface area contributed by atoms with Gasteiger partial charge in [0.1, 0.15) is 5.75 Å². The number of nitrogens with one attached hydrogen (secondary N) is 1. The third kappa shape index (κ3) is 2.95. The Morgan fingerprint density at radius 1 is 1.14 bits per heavy atom. The fraction of sp³-hybridized carbons (Fsp3) is 0. The lowest BCUT2D eigenvalue weighted by Crippen LogP contribution is -2.11. The zero-order valence-electron chi connectivity index (χ0n) is 10.4. The number of phenolic OH excluding ortho intramolecular Hbond substituents is 1. The van der Waals surface area contributed by atoms with Crippen molar-refractivity contribution in [3.05, 3.63) is 52.0 Å². The van der Waals surface area contributed by atoms with Gasteiger partial charge >= 0.3 is 0 Å². The molecular formula is C14H8Cl2N2O2S. The van der Waals surface area contributed by atoms with Gasteiger partial charge in [-0.05, 0) is 36.4 Å². The SMILES string of the molecule is O=C(Nc1nc2ccc(Cl)cc2s1)c1cc(Cl)ccc1O. The number of aromatic nitrogens is 1. The van der Waals surface area contributed by atoms with Crippen LogP contribution in [0.25, 0.3) is 10.2 Å². The van der Waals surface area contributed by atoms with Gasteiger partial charge in [0.05, 0.1) is 15.8 Å². The molecule has 0 aliphatic heterocycles. The lowest BCUT2D eigenvalue weighted by Gasteiger charge is -2.04. The van der Waals surface area contributed by atoms with Gasteiger partial charge < -0.3 is 5.11 Å². The summed E-state index contributed by atoms with van der Waals surface area (Å²) in [5.74, 6) is -0.610. The number of anilines is 1. The number of nitrogens with zero attached hydrogens (tertiary/aromatic N) is 1. The van der Waals surface area contributed by atoms with Crippen LogP contribution in [0.2, 0.25) is 10.0 Å². The molecule has 0 aliphatic carbocycles. The molecule has 2 N–H and O–H groups in total. The van der Waals surface area contributed by atoms with E-state index in [2.05, 4.69) is 10.3 Å². The van der Waals surface area contributed by atoms with Crippen LogP contribution in [-0.4, -0.2) is 16.0 Å². The van der Waals surface area contributed by atoms with E-state index in [0.717, 1.165) is 10.2 Å². The average molecular weight is 339 g/mol. The highest BCUT2D eigenvalue weighted by Gasteiger charge is 2.14. The van der Waals surface area contributed by atoms with E-state index in [-0.39, 0.29) is 11.3 Å². The van der Waals surface area contributed by atoms with Crippen molar-refractivity contribution in [3.8, 4) is 5.75 Å². The zero-order valence-corrected chi connectivity index (χ0v) is 12.8. The Hall–Kier alpha value is -1.82. The number of amides is 1. The molecule has 4 nitrogen and oxygen atoms in total. The topological polar surface area (TPSA) is 62.2 Å². The molecule has 0 fully saturated rings. The molecule has 7 heteroatoms. The van der Waals surface area contributed by atoms with Crippen molar-refractivity contribution in [3.63, 3.8) is 0 Å². The summed E-state index contributed by atoms with van der Waals surface area (Å²) in [5, 5.41) is 13.8. The van der Waals surface area contributed by atoms with Gasteiger partial charge in [-0.25, -0.2) is 4.98 Å². The number of phenols is 1. The van der Waals surface area contributed by atoms with Crippen LogP contribution >= 0.6 is 34.5 Å². The molecule has 0 radical (unpaired) electrons. The fourth-order valence-corrected chi connectivity index (χ4v) is 3.12. The maximum absolute atomic E-state index is 12.1. The highest BCUT2D eigenvalue weighted by atomic mass is 35.5. The number of hydrogen-bond acceptors (Lipinski definition) is 4. The number of aromatic hydroxyl groups is 1. The largest absolute Gasteiger partial charge is 0.507 e. The quantitative estimate of drug-likeness (QED) is 0.719. The van der Waals surface area contributed by atoms with E-state index < -0.39 is 5.91 Å². The predicted octanol–water partition coefficient (Wildman–Crippen LogP) is 4.56. The van der Waals surface area contributed by atoms with Crippen molar-refractivity contribution in [2.75, 3.05) is 5.32 Å². The lowest BCUT2D eigenvalue weighted by atomic mass is 10.2. The summed E-state index contributed by atoms with van der Waals surface area (Å²) in [4.78, 5) is 16.4. The number of carbonyl (C=O) groups is 1. The molecule has 0 saturated carbocycles. The van der Waals surface area contributed by atoms with Crippen LogP contribution in [0.4, 0.5) is 5.13 Å². The van der Waals surface area contributed by atoms with Gasteiger partial charge in [-0.3, -0.25) is 10.1 Å². The smallest absolute Gasteiger partial charge is 0.261 e. The first-order valence-corrected chi connectivity index (χ1v) is 7.46.